The first kappa shape index (κ1) is 27.1. The summed E-state index contributed by atoms with van der Waals surface area (Å²) in [4.78, 5) is 28.8. The van der Waals surface area contributed by atoms with E-state index in [-0.39, 0.29) is 17.5 Å². The number of piperidine rings is 1. The van der Waals surface area contributed by atoms with Crippen LogP contribution in [0.1, 0.15) is 47.4 Å². The molecule has 2 heterocycles. The summed E-state index contributed by atoms with van der Waals surface area (Å²) in [6.07, 6.45) is 1.10. The Labute approximate surface area is 221 Å². The van der Waals surface area contributed by atoms with E-state index in [0.29, 0.717) is 61.6 Å². The Morgan fingerprint density at radius 2 is 1.68 bits per heavy atom. The van der Waals surface area contributed by atoms with Gasteiger partial charge >= 0.3 is 7.60 Å². The maximum Gasteiger partial charge on any atom is 0.333 e. The van der Waals surface area contributed by atoms with Gasteiger partial charge in [-0.1, -0.05) is 12.1 Å². The lowest BCUT2D eigenvalue weighted by Gasteiger charge is -2.35. The number of benzene rings is 2. The minimum absolute atomic E-state index is 0.124. The van der Waals surface area contributed by atoms with E-state index in [1.807, 2.05) is 29.6 Å². The molecule has 0 spiro atoms. The van der Waals surface area contributed by atoms with Crippen LogP contribution in [0.3, 0.4) is 0 Å². The van der Waals surface area contributed by atoms with Crippen LogP contribution in [0.15, 0.2) is 60.0 Å². The molecule has 4 rings (SSSR count). The van der Waals surface area contributed by atoms with Crippen LogP contribution in [0.4, 0.5) is 11.4 Å². The largest absolute Gasteiger partial charge is 0.397 e. The summed E-state index contributed by atoms with van der Waals surface area (Å²) in [5, 5.41) is 4.87. The van der Waals surface area contributed by atoms with E-state index < -0.39 is 7.60 Å². The van der Waals surface area contributed by atoms with Crippen LogP contribution >= 0.6 is 18.9 Å². The predicted molar refractivity (Wildman–Crippen MR) is 148 cm³/mol. The zero-order chi connectivity index (χ0) is 26.4. The summed E-state index contributed by atoms with van der Waals surface area (Å²) in [6, 6.07) is 16.1. The first-order valence-electron chi connectivity index (χ1n) is 12.4. The van der Waals surface area contributed by atoms with Crippen molar-refractivity contribution in [2.75, 3.05) is 37.4 Å². The van der Waals surface area contributed by atoms with Gasteiger partial charge in [0, 0.05) is 29.1 Å². The first-order chi connectivity index (χ1) is 17.8. The molecule has 1 fully saturated rings. The number of carbonyl (C=O) groups excluding carboxylic acids is 2. The standard InChI is InChI=1S/C27H32N3O5PS/c1-3-34-36(33,35-4-2)22-13-15-30(16-14-22)27(32)20-9-7-19(8-10-20)26(31)29-24-18-21(11-12-23(24)28)25-6-5-17-37-25/h5-12,17-18,22H,3-4,13-16,28H2,1-2H3,(H,29,31). The number of amides is 2. The molecule has 0 aliphatic carbocycles. The summed E-state index contributed by atoms with van der Waals surface area (Å²) in [7, 11) is -3.18. The SMILES string of the molecule is CCOP(=O)(OCC)C1CCN(C(=O)c2ccc(C(=O)Nc3cc(-c4cccs4)ccc3N)cc2)CC1. The van der Waals surface area contributed by atoms with Gasteiger partial charge in [0.1, 0.15) is 0 Å². The number of anilines is 2. The van der Waals surface area contributed by atoms with Crippen molar-refractivity contribution in [3.05, 3.63) is 71.1 Å². The fraction of sp³-hybridized carbons (Fsp3) is 0.333. The van der Waals surface area contributed by atoms with E-state index in [4.69, 9.17) is 14.8 Å². The fourth-order valence-corrected chi connectivity index (χ4v) is 7.20. The molecule has 8 nitrogen and oxygen atoms in total. The van der Waals surface area contributed by atoms with Gasteiger partial charge < -0.3 is 25.0 Å². The van der Waals surface area contributed by atoms with Gasteiger partial charge in [-0.2, -0.15) is 0 Å². The molecule has 2 amide bonds. The van der Waals surface area contributed by atoms with Gasteiger partial charge in [-0.15, -0.1) is 11.3 Å². The van der Waals surface area contributed by atoms with Gasteiger partial charge in [-0.3, -0.25) is 14.2 Å². The summed E-state index contributed by atoms with van der Waals surface area (Å²) < 4.78 is 24.0. The second-order valence-corrected chi connectivity index (χ2v) is 12.0. The molecule has 1 aliphatic heterocycles. The highest BCUT2D eigenvalue weighted by Crippen LogP contribution is 2.56. The number of nitrogens with two attached hydrogens (primary N) is 1. The zero-order valence-electron chi connectivity index (χ0n) is 21.0. The van der Waals surface area contributed by atoms with Crippen molar-refractivity contribution in [1.29, 1.82) is 0 Å². The number of hydrogen-bond donors (Lipinski definition) is 2. The lowest BCUT2D eigenvalue weighted by Crippen LogP contribution is -2.40. The summed E-state index contributed by atoms with van der Waals surface area (Å²) in [6.45, 7) is 5.17. The van der Waals surface area contributed by atoms with Crippen LogP contribution < -0.4 is 11.1 Å². The van der Waals surface area contributed by atoms with E-state index in [0.717, 1.165) is 10.4 Å². The van der Waals surface area contributed by atoms with Crippen LogP contribution in [0.2, 0.25) is 0 Å². The molecular weight excluding hydrogens is 509 g/mol. The average molecular weight is 542 g/mol. The normalized spacial score (nSPS) is 14.5. The van der Waals surface area contributed by atoms with Crippen molar-refractivity contribution in [1.82, 2.24) is 4.90 Å². The number of carbonyl (C=O) groups is 2. The average Bonchev–Trinajstić information content (AvgIpc) is 3.45. The molecule has 196 valence electrons. The van der Waals surface area contributed by atoms with E-state index >= 15 is 0 Å². The smallest absolute Gasteiger partial charge is 0.333 e. The number of likely N-dealkylation sites (tertiary alicyclic amines) is 1. The lowest BCUT2D eigenvalue weighted by molar-refractivity contribution is 0.0716. The third kappa shape index (κ3) is 6.30. The Balaban J connectivity index is 1.38. The zero-order valence-corrected chi connectivity index (χ0v) is 22.7. The Morgan fingerprint density at radius 3 is 2.27 bits per heavy atom. The van der Waals surface area contributed by atoms with E-state index in [9.17, 15) is 14.2 Å². The van der Waals surface area contributed by atoms with Crippen LogP contribution in [0, 0.1) is 0 Å². The molecule has 2 aromatic carbocycles. The van der Waals surface area contributed by atoms with Crippen LogP contribution in [-0.4, -0.2) is 48.7 Å². The molecule has 3 aromatic rings. The van der Waals surface area contributed by atoms with Crippen molar-refractivity contribution in [2.45, 2.75) is 32.3 Å². The topological polar surface area (TPSA) is 111 Å². The highest BCUT2D eigenvalue weighted by atomic mass is 32.1. The quantitative estimate of drug-likeness (QED) is 0.249. The molecule has 0 bridgehead atoms. The van der Waals surface area contributed by atoms with Crippen molar-refractivity contribution in [3.8, 4) is 10.4 Å². The van der Waals surface area contributed by atoms with Gasteiger partial charge in [0.2, 0.25) is 0 Å². The number of thiophene rings is 1. The van der Waals surface area contributed by atoms with Gasteiger partial charge in [0.05, 0.1) is 30.2 Å². The van der Waals surface area contributed by atoms with E-state index in [2.05, 4.69) is 5.32 Å². The summed E-state index contributed by atoms with van der Waals surface area (Å²) in [5.41, 5.74) is 8.78. The molecule has 10 heteroatoms. The molecule has 1 aromatic heterocycles. The fourth-order valence-electron chi connectivity index (χ4n) is 4.40. The van der Waals surface area contributed by atoms with Crippen molar-refractivity contribution >= 4 is 42.1 Å². The Morgan fingerprint density at radius 1 is 1.03 bits per heavy atom. The van der Waals surface area contributed by atoms with E-state index in [1.165, 1.54) is 0 Å². The number of nitrogens with one attached hydrogen (secondary N) is 1. The maximum absolute atomic E-state index is 13.1. The lowest BCUT2D eigenvalue weighted by atomic mass is 10.1. The molecule has 1 aliphatic rings. The second kappa shape index (κ2) is 12.0. The number of nitrogens with zero attached hydrogens (tertiary/aromatic N) is 1. The molecule has 0 saturated carbocycles. The highest BCUT2D eigenvalue weighted by Gasteiger charge is 2.38. The maximum atomic E-state index is 13.1. The molecule has 0 atom stereocenters. The Kier molecular flexibility index (Phi) is 8.82. The molecular formula is C27H32N3O5PS. The number of hydrogen-bond acceptors (Lipinski definition) is 7. The van der Waals surface area contributed by atoms with E-state index in [1.54, 1.807) is 60.4 Å². The molecule has 1 saturated heterocycles. The first-order valence-corrected chi connectivity index (χ1v) is 14.9. The van der Waals surface area contributed by atoms with Gasteiger partial charge in [-0.25, -0.2) is 0 Å². The van der Waals surface area contributed by atoms with Crippen LogP contribution in [0.5, 0.6) is 0 Å². The Bertz CT molecular complexity index is 1260. The van der Waals surface area contributed by atoms with Crippen molar-refractivity contribution < 1.29 is 23.2 Å². The number of rotatable bonds is 9. The molecule has 3 N–H and O–H groups in total. The minimum atomic E-state index is -3.18. The van der Waals surface area contributed by atoms with Gasteiger partial charge in [0.25, 0.3) is 11.8 Å². The summed E-state index contributed by atoms with van der Waals surface area (Å²) >= 11 is 1.61. The third-order valence-electron chi connectivity index (χ3n) is 6.32. The van der Waals surface area contributed by atoms with Gasteiger partial charge in [-0.05, 0) is 80.1 Å². The molecule has 0 unspecified atom stereocenters. The Hall–Kier alpha value is -2.97. The van der Waals surface area contributed by atoms with Gasteiger partial charge in [0.15, 0.2) is 0 Å². The van der Waals surface area contributed by atoms with Crippen molar-refractivity contribution in [3.63, 3.8) is 0 Å². The molecule has 0 radical (unpaired) electrons. The molecule has 37 heavy (non-hydrogen) atoms. The predicted octanol–water partition coefficient (Wildman–Crippen LogP) is 6.12. The van der Waals surface area contributed by atoms with Crippen LogP contribution in [0.25, 0.3) is 10.4 Å². The third-order valence-corrected chi connectivity index (χ3v) is 9.88. The monoisotopic (exact) mass is 541 g/mol. The minimum Gasteiger partial charge on any atom is -0.397 e. The highest BCUT2D eigenvalue weighted by molar-refractivity contribution is 7.54. The summed E-state index contributed by atoms with van der Waals surface area (Å²) in [5.74, 6) is -0.432. The van der Waals surface area contributed by atoms with Crippen LogP contribution in [-0.2, 0) is 13.6 Å². The second-order valence-electron chi connectivity index (χ2n) is 8.71. The number of nitrogen functional groups attached to an aromatic ring is 1. The van der Waals surface area contributed by atoms with Crippen molar-refractivity contribution in [2.24, 2.45) is 0 Å².